The molecule has 0 amide bonds. The van der Waals surface area contributed by atoms with Gasteiger partial charge in [0.1, 0.15) is 0 Å². The van der Waals surface area contributed by atoms with Crippen molar-refractivity contribution in [2.24, 2.45) is 5.92 Å². The number of ether oxygens (including phenoxy) is 1. The summed E-state index contributed by atoms with van der Waals surface area (Å²) in [5, 5.41) is 0. The van der Waals surface area contributed by atoms with Crippen LogP contribution in [0, 0.1) is 5.92 Å². The maximum atomic E-state index is 10.8. The van der Waals surface area contributed by atoms with Crippen LogP contribution in [0.25, 0.3) is 0 Å². The third-order valence-electron chi connectivity index (χ3n) is 2.12. The van der Waals surface area contributed by atoms with Crippen molar-refractivity contribution < 1.29 is 17.3 Å². The minimum atomic E-state index is -3.33. The molecule has 1 aromatic rings. The van der Waals surface area contributed by atoms with Crippen LogP contribution in [0.3, 0.4) is 0 Å². The minimum Gasteiger partial charge on any atom is -0.379 e. The maximum Gasteiger partial charge on any atom is 0.264 e. The van der Waals surface area contributed by atoms with Gasteiger partial charge in [0.15, 0.2) is 0 Å². The van der Waals surface area contributed by atoms with Crippen LogP contribution in [-0.4, -0.2) is 28.4 Å². The van der Waals surface area contributed by atoms with Crippen molar-refractivity contribution in [1.29, 1.82) is 0 Å². The standard InChI is InChI=1S/C11H18O4S2/c1-9(7-15-17(3,12)13)6-10-4-5-11(16-10)8-14-2/h4-5,9H,6-8H2,1-3H3. The normalized spacial score (nSPS) is 13.8. The zero-order chi connectivity index (χ0) is 12.9. The first-order valence-corrected chi connectivity index (χ1v) is 7.95. The Hall–Kier alpha value is -0.430. The van der Waals surface area contributed by atoms with Gasteiger partial charge in [0.05, 0.1) is 19.5 Å². The van der Waals surface area contributed by atoms with Crippen molar-refractivity contribution in [3.05, 3.63) is 21.9 Å². The van der Waals surface area contributed by atoms with Gasteiger partial charge in [-0.1, -0.05) is 6.92 Å². The Balaban J connectivity index is 2.42. The number of thiophene rings is 1. The van der Waals surface area contributed by atoms with Gasteiger partial charge in [-0.05, 0) is 24.5 Å². The number of hydrogen-bond acceptors (Lipinski definition) is 5. The van der Waals surface area contributed by atoms with E-state index in [0.717, 1.165) is 12.7 Å². The Morgan fingerprint density at radius 1 is 1.35 bits per heavy atom. The summed E-state index contributed by atoms with van der Waals surface area (Å²) < 4.78 is 31.5. The zero-order valence-corrected chi connectivity index (χ0v) is 11.9. The van der Waals surface area contributed by atoms with E-state index in [-0.39, 0.29) is 12.5 Å². The largest absolute Gasteiger partial charge is 0.379 e. The molecule has 0 bridgehead atoms. The fourth-order valence-corrected chi connectivity index (χ4v) is 3.03. The van der Waals surface area contributed by atoms with E-state index in [2.05, 4.69) is 6.07 Å². The van der Waals surface area contributed by atoms with E-state index in [0.29, 0.717) is 6.61 Å². The molecule has 4 nitrogen and oxygen atoms in total. The van der Waals surface area contributed by atoms with Crippen molar-refractivity contribution in [1.82, 2.24) is 0 Å². The molecule has 0 aliphatic carbocycles. The van der Waals surface area contributed by atoms with Crippen LogP contribution in [0.15, 0.2) is 12.1 Å². The van der Waals surface area contributed by atoms with E-state index in [9.17, 15) is 8.42 Å². The average molecular weight is 278 g/mol. The summed E-state index contributed by atoms with van der Waals surface area (Å²) in [6, 6.07) is 4.09. The molecule has 0 aromatic carbocycles. The Morgan fingerprint density at radius 2 is 2.00 bits per heavy atom. The molecular weight excluding hydrogens is 260 g/mol. The lowest BCUT2D eigenvalue weighted by Gasteiger charge is -2.09. The van der Waals surface area contributed by atoms with Gasteiger partial charge in [-0.15, -0.1) is 11.3 Å². The molecule has 0 saturated heterocycles. The monoisotopic (exact) mass is 278 g/mol. The van der Waals surface area contributed by atoms with Crippen molar-refractivity contribution in [2.75, 3.05) is 20.0 Å². The van der Waals surface area contributed by atoms with E-state index in [1.807, 2.05) is 13.0 Å². The van der Waals surface area contributed by atoms with Crippen molar-refractivity contribution >= 4 is 21.5 Å². The van der Waals surface area contributed by atoms with Crippen molar-refractivity contribution in [3.63, 3.8) is 0 Å². The minimum absolute atomic E-state index is 0.179. The molecule has 6 heteroatoms. The van der Waals surface area contributed by atoms with Crippen molar-refractivity contribution in [3.8, 4) is 0 Å². The summed E-state index contributed by atoms with van der Waals surface area (Å²) in [7, 11) is -1.66. The highest BCUT2D eigenvalue weighted by atomic mass is 32.2. The Bertz CT molecular complexity index is 436. The third kappa shape index (κ3) is 6.16. The summed E-state index contributed by atoms with van der Waals surface area (Å²) in [5.41, 5.74) is 0. The van der Waals surface area contributed by atoms with Gasteiger partial charge in [0.25, 0.3) is 10.1 Å². The summed E-state index contributed by atoms with van der Waals surface area (Å²) in [5.74, 6) is 0.179. The van der Waals surface area contributed by atoms with Crippen LogP contribution in [0.5, 0.6) is 0 Å². The van der Waals surface area contributed by atoms with E-state index >= 15 is 0 Å². The van der Waals surface area contributed by atoms with Gasteiger partial charge in [0.2, 0.25) is 0 Å². The molecule has 1 aromatic heterocycles. The SMILES string of the molecule is COCc1ccc(CC(C)COS(C)(=O)=O)s1. The highest BCUT2D eigenvalue weighted by Gasteiger charge is 2.10. The van der Waals surface area contributed by atoms with Crippen LogP contribution < -0.4 is 0 Å². The summed E-state index contributed by atoms with van der Waals surface area (Å²) in [6.07, 6.45) is 1.89. The molecule has 0 radical (unpaired) electrons. The molecule has 0 N–H and O–H groups in total. The van der Waals surface area contributed by atoms with Gasteiger partial charge in [-0.3, -0.25) is 4.18 Å². The average Bonchev–Trinajstić information content (AvgIpc) is 2.62. The molecule has 17 heavy (non-hydrogen) atoms. The molecule has 98 valence electrons. The smallest absolute Gasteiger partial charge is 0.264 e. The van der Waals surface area contributed by atoms with Crippen LogP contribution in [0.1, 0.15) is 16.7 Å². The number of methoxy groups -OCH3 is 1. The van der Waals surface area contributed by atoms with Gasteiger partial charge in [-0.2, -0.15) is 8.42 Å². The van der Waals surface area contributed by atoms with E-state index in [1.54, 1.807) is 18.4 Å². The second-order valence-electron chi connectivity index (χ2n) is 4.10. The third-order valence-corrected chi connectivity index (χ3v) is 3.77. The quantitative estimate of drug-likeness (QED) is 0.716. The Labute approximate surface area is 107 Å². The van der Waals surface area contributed by atoms with Gasteiger partial charge in [-0.25, -0.2) is 0 Å². The summed E-state index contributed by atoms with van der Waals surface area (Å²) in [4.78, 5) is 2.40. The van der Waals surface area contributed by atoms with Crippen LogP contribution in [0.4, 0.5) is 0 Å². The molecule has 0 fully saturated rings. The molecular formula is C11H18O4S2. The lowest BCUT2D eigenvalue weighted by molar-refractivity contribution is 0.187. The first-order valence-electron chi connectivity index (χ1n) is 5.31. The second-order valence-corrected chi connectivity index (χ2v) is 7.00. The van der Waals surface area contributed by atoms with E-state index in [4.69, 9.17) is 8.92 Å². The Kier molecular flexibility index (Phi) is 5.58. The van der Waals surface area contributed by atoms with E-state index < -0.39 is 10.1 Å². The molecule has 0 aliphatic rings. The van der Waals surface area contributed by atoms with Gasteiger partial charge < -0.3 is 4.74 Å². The van der Waals surface area contributed by atoms with Crippen molar-refractivity contribution in [2.45, 2.75) is 20.0 Å². The molecule has 1 unspecified atom stereocenters. The van der Waals surface area contributed by atoms with E-state index in [1.165, 1.54) is 9.75 Å². The fourth-order valence-electron chi connectivity index (χ4n) is 1.39. The molecule has 0 saturated carbocycles. The van der Waals surface area contributed by atoms with Crippen LogP contribution in [-0.2, 0) is 32.1 Å². The van der Waals surface area contributed by atoms with Crippen LogP contribution >= 0.6 is 11.3 Å². The predicted molar refractivity (Wildman–Crippen MR) is 68.7 cm³/mol. The molecule has 0 spiro atoms. The summed E-state index contributed by atoms with van der Waals surface area (Å²) >= 11 is 1.69. The molecule has 1 atom stereocenters. The highest BCUT2D eigenvalue weighted by Crippen LogP contribution is 2.20. The van der Waals surface area contributed by atoms with Crippen LogP contribution in [0.2, 0.25) is 0 Å². The highest BCUT2D eigenvalue weighted by molar-refractivity contribution is 7.85. The second kappa shape index (κ2) is 6.49. The lowest BCUT2D eigenvalue weighted by Crippen LogP contribution is -2.12. The molecule has 1 heterocycles. The maximum absolute atomic E-state index is 10.8. The zero-order valence-electron chi connectivity index (χ0n) is 10.3. The first-order chi connectivity index (χ1) is 7.90. The van der Waals surface area contributed by atoms with Gasteiger partial charge in [0, 0.05) is 16.9 Å². The first kappa shape index (κ1) is 14.6. The summed E-state index contributed by atoms with van der Waals surface area (Å²) in [6.45, 7) is 2.83. The molecule has 1 rings (SSSR count). The predicted octanol–water partition coefficient (Wildman–Crippen LogP) is 2.05. The topological polar surface area (TPSA) is 52.6 Å². The number of rotatable bonds is 7. The fraction of sp³-hybridized carbons (Fsp3) is 0.636. The Morgan fingerprint density at radius 3 is 2.59 bits per heavy atom. The molecule has 0 aliphatic heterocycles. The lowest BCUT2D eigenvalue weighted by atomic mass is 10.1. The number of hydrogen-bond donors (Lipinski definition) is 0. The van der Waals surface area contributed by atoms with Gasteiger partial charge >= 0.3 is 0 Å².